The van der Waals surface area contributed by atoms with Crippen molar-refractivity contribution >= 4 is 0 Å². The molecule has 104 valence electrons. The van der Waals surface area contributed by atoms with Gasteiger partial charge in [-0.15, -0.1) is 0 Å². The van der Waals surface area contributed by atoms with Crippen molar-refractivity contribution in [2.75, 3.05) is 14.2 Å². The number of hydrogen-bond acceptors (Lipinski definition) is 2. The van der Waals surface area contributed by atoms with Crippen molar-refractivity contribution in [3.8, 4) is 5.75 Å². The van der Waals surface area contributed by atoms with Crippen LogP contribution in [0.2, 0.25) is 0 Å². The Kier molecular flexibility index (Phi) is 3.30. The van der Waals surface area contributed by atoms with Crippen molar-refractivity contribution in [2.24, 2.45) is 5.92 Å². The van der Waals surface area contributed by atoms with Crippen LogP contribution in [0.25, 0.3) is 0 Å². The Morgan fingerprint density at radius 1 is 1.21 bits per heavy atom. The lowest BCUT2D eigenvalue weighted by Gasteiger charge is -2.48. The standard InChI is InChI=1S/C17H24O2/c1-17-10-9-13(18-2)11-12(17)7-8-14-15(17)5-4-6-16(14)19-3/h4-6,12-13H,7-11H2,1-3H3. The van der Waals surface area contributed by atoms with Crippen LogP contribution in [0.1, 0.15) is 43.7 Å². The van der Waals surface area contributed by atoms with Crippen LogP contribution in [0.3, 0.4) is 0 Å². The van der Waals surface area contributed by atoms with Crippen molar-refractivity contribution in [2.45, 2.75) is 50.5 Å². The van der Waals surface area contributed by atoms with Gasteiger partial charge in [-0.3, -0.25) is 0 Å². The lowest BCUT2D eigenvalue weighted by Crippen LogP contribution is -2.43. The summed E-state index contributed by atoms with van der Waals surface area (Å²) in [7, 11) is 3.64. The third kappa shape index (κ3) is 1.97. The van der Waals surface area contributed by atoms with Gasteiger partial charge in [0.2, 0.25) is 0 Å². The van der Waals surface area contributed by atoms with E-state index < -0.39 is 0 Å². The summed E-state index contributed by atoms with van der Waals surface area (Å²) in [6.45, 7) is 2.45. The van der Waals surface area contributed by atoms with Crippen LogP contribution in [0.4, 0.5) is 0 Å². The first kappa shape index (κ1) is 13.0. The second kappa shape index (κ2) is 4.82. The van der Waals surface area contributed by atoms with Gasteiger partial charge in [0.25, 0.3) is 0 Å². The van der Waals surface area contributed by atoms with E-state index in [0.717, 1.165) is 18.1 Å². The normalized spacial score (nSPS) is 33.4. The van der Waals surface area contributed by atoms with Crippen LogP contribution in [0.5, 0.6) is 5.75 Å². The topological polar surface area (TPSA) is 18.5 Å². The van der Waals surface area contributed by atoms with E-state index in [9.17, 15) is 0 Å². The molecule has 0 spiro atoms. The van der Waals surface area contributed by atoms with E-state index in [-0.39, 0.29) is 0 Å². The van der Waals surface area contributed by atoms with Crippen molar-refractivity contribution in [1.82, 2.24) is 0 Å². The van der Waals surface area contributed by atoms with Gasteiger partial charge < -0.3 is 9.47 Å². The number of benzene rings is 1. The zero-order chi connectivity index (χ0) is 13.5. The first-order valence-electron chi connectivity index (χ1n) is 7.38. The van der Waals surface area contributed by atoms with Gasteiger partial charge in [-0.1, -0.05) is 19.1 Å². The molecule has 0 saturated heterocycles. The first-order valence-corrected chi connectivity index (χ1v) is 7.38. The second-order valence-corrected chi connectivity index (χ2v) is 6.27. The largest absolute Gasteiger partial charge is 0.496 e. The number of rotatable bonds is 2. The summed E-state index contributed by atoms with van der Waals surface area (Å²) in [5.74, 6) is 1.83. The average molecular weight is 260 g/mol. The minimum absolute atomic E-state index is 0.317. The maximum atomic E-state index is 5.59. The maximum absolute atomic E-state index is 5.59. The van der Waals surface area contributed by atoms with Gasteiger partial charge in [0.1, 0.15) is 5.75 Å². The molecule has 1 saturated carbocycles. The van der Waals surface area contributed by atoms with Gasteiger partial charge in [0, 0.05) is 7.11 Å². The van der Waals surface area contributed by atoms with Crippen LogP contribution >= 0.6 is 0 Å². The molecular weight excluding hydrogens is 236 g/mol. The first-order chi connectivity index (χ1) is 9.19. The highest BCUT2D eigenvalue weighted by atomic mass is 16.5. The van der Waals surface area contributed by atoms with Crippen molar-refractivity contribution in [3.05, 3.63) is 29.3 Å². The van der Waals surface area contributed by atoms with Crippen molar-refractivity contribution in [3.63, 3.8) is 0 Å². The van der Waals surface area contributed by atoms with Gasteiger partial charge in [0.15, 0.2) is 0 Å². The Bertz CT molecular complexity index is 468. The summed E-state index contributed by atoms with van der Waals surface area (Å²) < 4.78 is 11.1. The molecule has 0 bridgehead atoms. The molecule has 0 N–H and O–H groups in total. The van der Waals surface area contributed by atoms with Gasteiger partial charge >= 0.3 is 0 Å². The van der Waals surface area contributed by atoms with Gasteiger partial charge in [-0.25, -0.2) is 0 Å². The average Bonchev–Trinajstić information content (AvgIpc) is 2.46. The molecule has 1 fully saturated rings. The van der Waals surface area contributed by atoms with E-state index in [1.807, 2.05) is 7.11 Å². The molecule has 19 heavy (non-hydrogen) atoms. The molecule has 0 amide bonds. The van der Waals surface area contributed by atoms with E-state index in [4.69, 9.17) is 9.47 Å². The summed E-state index contributed by atoms with van der Waals surface area (Å²) >= 11 is 0. The van der Waals surface area contributed by atoms with Crippen LogP contribution in [0.15, 0.2) is 18.2 Å². The van der Waals surface area contributed by atoms with E-state index in [1.54, 1.807) is 7.11 Å². The Labute approximate surface area is 116 Å². The Balaban J connectivity index is 2.00. The Hall–Kier alpha value is -1.02. The predicted molar refractivity (Wildman–Crippen MR) is 76.8 cm³/mol. The zero-order valence-electron chi connectivity index (χ0n) is 12.2. The number of hydrogen-bond donors (Lipinski definition) is 0. The van der Waals surface area contributed by atoms with E-state index in [1.165, 1.54) is 36.8 Å². The lowest BCUT2D eigenvalue weighted by atomic mass is 9.57. The fourth-order valence-electron chi connectivity index (χ4n) is 4.23. The molecule has 0 aromatic heterocycles. The maximum Gasteiger partial charge on any atom is 0.122 e. The number of methoxy groups -OCH3 is 2. The SMILES string of the molecule is COc1cccc2c1CCC1CC(OC)CCC21C. The molecule has 1 aromatic rings. The lowest BCUT2D eigenvalue weighted by molar-refractivity contribution is 0.0143. The molecule has 3 atom stereocenters. The molecule has 3 unspecified atom stereocenters. The molecule has 3 rings (SSSR count). The molecule has 1 aromatic carbocycles. The summed E-state index contributed by atoms with van der Waals surface area (Å²) in [5, 5.41) is 0. The van der Waals surface area contributed by atoms with Crippen molar-refractivity contribution < 1.29 is 9.47 Å². The van der Waals surface area contributed by atoms with Gasteiger partial charge in [-0.05, 0) is 60.6 Å². The zero-order valence-corrected chi connectivity index (χ0v) is 12.2. The highest BCUT2D eigenvalue weighted by Crippen LogP contribution is 2.51. The minimum atomic E-state index is 0.317. The van der Waals surface area contributed by atoms with Gasteiger partial charge in [-0.2, -0.15) is 0 Å². The van der Waals surface area contributed by atoms with Crippen LogP contribution in [0, 0.1) is 5.92 Å². The molecule has 0 heterocycles. The second-order valence-electron chi connectivity index (χ2n) is 6.27. The van der Waals surface area contributed by atoms with Crippen molar-refractivity contribution in [1.29, 1.82) is 0 Å². The third-order valence-corrected chi connectivity index (χ3v) is 5.48. The highest BCUT2D eigenvalue weighted by Gasteiger charge is 2.44. The van der Waals surface area contributed by atoms with Gasteiger partial charge in [0.05, 0.1) is 13.2 Å². The minimum Gasteiger partial charge on any atom is -0.496 e. The monoisotopic (exact) mass is 260 g/mol. The molecule has 0 radical (unpaired) electrons. The summed E-state index contributed by atoms with van der Waals surface area (Å²) in [4.78, 5) is 0. The number of ether oxygens (including phenoxy) is 2. The smallest absolute Gasteiger partial charge is 0.122 e. The highest BCUT2D eigenvalue weighted by molar-refractivity contribution is 5.46. The van der Waals surface area contributed by atoms with Crippen LogP contribution < -0.4 is 4.74 Å². The Morgan fingerprint density at radius 2 is 2.05 bits per heavy atom. The Morgan fingerprint density at radius 3 is 2.79 bits per heavy atom. The fourth-order valence-corrected chi connectivity index (χ4v) is 4.23. The molecule has 2 nitrogen and oxygen atoms in total. The molecule has 2 aliphatic carbocycles. The molecule has 2 aliphatic rings. The molecular formula is C17H24O2. The predicted octanol–water partition coefficient (Wildman–Crippen LogP) is 3.71. The fraction of sp³-hybridized carbons (Fsp3) is 0.647. The van der Waals surface area contributed by atoms with E-state index >= 15 is 0 Å². The quantitative estimate of drug-likeness (QED) is 0.807. The summed E-state index contributed by atoms with van der Waals surface area (Å²) in [6.07, 6.45) is 6.50. The van der Waals surface area contributed by atoms with Crippen LogP contribution in [-0.4, -0.2) is 20.3 Å². The van der Waals surface area contributed by atoms with Crippen LogP contribution in [-0.2, 0) is 16.6 Å². The summed E-state index contributed by atoms with van der Waals surface area (Å²) in [6, 6.07) is 6.56. The molecule has 2 heteroatoms. The number of fused-ring (bicyclic) bond motifs is 3. The van der Waals surface area contributed by atoms with E-state index in [0.29, 0.717) is 11.5 Å². The third-order valence-electron chi connectivity index (χ3n) is 5.48. The molecule has 0 aliphatic heterocycles. The summed E-state index contributed by atoms with van der Waals surface area (Å²) in [5.41, 5.74) is 3.29. The van der Waals surface area contributed by atoms with E-state index in [2.05, 4.69) is 25.1 Å².